The summed E-state index contributed by atoms with van der Waals surface area (Å²) >= 11 is 2.26. The molecule has 106 valence electrons. The minimum atomic E-state index is -1.13. The van der Waals surface area contributed by atoms with Gasteiger partial charge in [-0.25, -0.2) is 4.79 Å². The molecule has 0 aromatic carbocycles. The number of thiophene rings is 1. The lowest BCUT2D eigenvalue weighted by atomic mass is 10.2. The number of aryl methyl sites for hydroxylation is 1. The number of carbonyl (C=O) groups is 2. The predicted molar refractivity (Wildman–Crippen MR) is 76.2 cm³/mol. The van der Waals surface area contributed by atoms with E-state index in [2.05, 4.69) is 5.32 Å². The Morgan fingerprint density at radius 2 is 2.20 bits per heavy atom. The number of nitrogens with zero attached hydrogens (tertiary/aromatic N) is 1. The molecule has 6 nitrogen and oxygen atoms in total. The van der Waals surface area contributed by atoms with Crippen LogP contribution >= 0.6 is 22.7 Å². The molecular formula is C12H12N2O4S2. The highest BCUT2D eigenvalue weighted by Crippen LogP contribution is 2.19. The lowest BCUT2D eigenvalue weighted by molar-refractivity contribution is -0.142. The number of amides is 1. The summed E-state index contributed by atoms with van der Waals surface area (Å²) in [6.45, 7) is 1.54. The average Bonchev–Trinajstić information content (AvgIpc) is 3.01. The van der Waals surface area contributed by atoms with Crippen LogP contribution in [0, 0.1) is 6.92 Å². The van der Waals surface area contributed by atoms with Crippen LogP contribution < -0.4 is 10.2 Å². The molecule has 0 spiro atoms. The summed E-state index contributed by atoms with van der Waals surface area (Å²) in [7, 11) is 0. The van der Waals surface area contributed by atoms with Crippen LogP contribution in [0.1, 0.15) is 16.6 Å². The molecule has 8 heteroatoms. The number of aromatic nitrogens is 1. The van der Waals surface area contributed by atoms with Gasteiger partial charge < -0.3 is 10.4 Å². The van der Waals surface area contributed by atoms with Gasteiger partial charge in [-0.15, -0.1) is 11.3 Å². The second-order valence-corrected chi connectivity index (χ2v) is 5.88. The molecule has 0 aliphatic rings. The number of carboxylic acid groups (broad SMARTS) is 1. The van der Waals surface area contributed by atoms with E-state index in [-0.39, 0.29) is 11.4 Å². The van der Waals surface area contributed by atoms with Gasteiger partial charge in [0, 0.05) is 16.0 Å². The van der Waals surface area contributed by atoms with E-state index in [4.69, 9.17) is 5.11 Å². The van der Waals surface area contributed by atoms with E-state index in [0.717, 1.165) is 11.3 Å². The van der Waals surface area contributed by atoms with E-state index < -0.39 is 17.9 Å². The van der Waals surface area contributed by atoms with E-state index >= 15 is 0 Å². The molecule has 20 heavy (non-hydrogen) atoms. The largest absolute Gasteiger partial charge is 0.479 e. The van der Waals surface area contributed by atoms with Crippen LogP contribution in [0.3, 0.4) is 0 Å². The van der Waals surface area contributed by atoms with Gasteiger partial charge in [0.15, 0.2) is 6.04 Å². The van der Waals surface area contributed by atoms with Crippen LogP contribution in [0.15, 0.2) is 27.7 Å². The second-order valence-electron chi connectivity index (χ2n) is 4.08. The molecule has 2 aromatic heterocycles. The zero-order valence-corrected chi connectivity index (χ0v) is 12.2. The van der Waals surface area contributed by atoms with Gasteiger partial charge in [-0.1, -0.05) is 17.4 Å². The first-order valence-corrected chi connectivity index (χ1v) is 7.45. The monoisotopic (exact) mass is 312 g/mol. The predicted octanol–water partition coefficient (Wildman–Crippen LogP) is 1.22. The number of carboxylic acids is 1. The zero-order valence-electron chi connectivity index (χ0n) is 10.5. The number of thiazole rings is 1. The maximum Gasteiger partial charge on any atom is 0.331 e. The van der Waals surface area contributed by atoms with Gasteiger partial charge in [-0.05, 0) is 18.4 Å². The highest BCUT2D eigenvalue weighted by molar-refractivity contribution is 7.10. The fourth-order valence-electron chi connectivity index (χ4n) is 1.66. The Hall–Kier alpha value is -1.93. The van der Waals surface area contributed by atoms with Crippen LogP contribution in [-0.2, 0) is 16.1 Å². The Labute approximate surface area is 122 Å². The molecule has 0 bridgehead atoms. The quantitative estimate of drug-likeness (QED) is 0.869. The molecule has 0 fully saturated rings. The Balaban J connectivity index is 2.10. The molecule has 2 rings (SSSR count). The zero-order chi connectivity index (χ0) is 14.7. The molecule has 1 amide bonds. The first kappa shape index (κ1) is 14.5. The third-order valence-corrected chi connectivity index (χ3v) is 4.48. The van der Waals surface area contributed by atoms with Gasteiger partial charge >= 0.3 is 10.8 Å². The van der Waals surface area contributed by atoms with Crippen LogP contribution in [0.4, 0.5) is 0 Å². The molecule has 0 aliphatic carbocycles. The Bertz CT molecular complexity index is 672. The molecule has 2 heterocycles. The van der Waals surface area contributed by atoms with Crippen LogP contribution in [0.2, 0.25) is 0 Å². The smallest absolute Gasteiger partial charge is 0.331 e. The Kier molecular flexibility index (Phi) is 4.35. The minimum Gasteiger partial charge on any atom is -0.479 e. The molecular weight excluding hydrogens is 300 g/mol. The van der Waals surface area contributed by atoms with Crippen molar-refractivity contribution in [3.05, 3.63) is 43.1 Å². The summed E-state index contributed by atoms with van der Waals surface area (Å²) in [4.78, 5) is 34.9. The van der Waals surface area contributed by atoms with E-state index in [0.29, 0.717) is 10.6 Å². The van der Waals surface area contributed by atoms with E-state index in [1.807, 2.05) is 0 Å². The van der Waals surface area contributed by atoms with E-state index in [1.54, 1.807) is 29.8 Å². The van der Waals surface area contributed by atoms with Crippen molar-refractivity contribution in [1.29, 1.82) is 0 Å². The molecule has 2 N–H and O–H groups in total. The maximum absolute atomic E-state index is 11.9. The summed E-state index contributed by atoms with van der Waals surface area (Å²) < 4.78 is 1.31. The van der Waals surface area contributed by atoms with Gasteiger partial charge in [0.1, 0.15) is 6.54 Å². The fourth-order valence-corrected chi connectivity index (χ4v) is 3.16. The van der Waals surface area contributed by atoms with Crippen LogP contribution in [-0.4, -0.2) is 21.6 Å². The van der Waals surface area contributed by atoms with E-state index in [9.17, 15) is 14.4 Å². The summed E-state index contributed by atoms with van der Waals surface area (Å²) in [5, 5.41) is 15.0. The van der Waals surface area contributed by atoms with Crippen molar-refractivity contribution in [2.45, 2.75) is 19.5 Å². The number of carbonyl (C=O) groups excluding carboxylic acids is 1. The number of hydrogen-bond acceptors (Lipinski definition) is 5. The van der Waals surface area contributed by atoms with Gasteiger partial charge in [0.05, 0.1) is 0 Å². The van der Waals surface area contributed by atoms with Crippen molar-refractivity contribution in [1.82, 2.24) is 9.88 Å². The standard InChI is InChI=1S/C12H12N2O4S2/c1-7-6-20-12(18)14(7)5-9(15)13-10(11(16)17)8-3-2-4-19-8/h2-4,6,10H,5H2,1H3,(H,13,15)(H,16,17). The third kappa shape index (κ3) is 3.14. The van der Waals surface area contributed by atoms with Crippen LogP contribution in [0.5, 0.6) is 0 Å². The van der Waals surface area contributed by atoms with Gasteiger partial charge in [-0.2, -0.15) is 0 Å². The Morgan fingerprint density at radius 1 is 1.45 bits per heavy atom. The van der Waals surface area contributed by atoms with Crippen molar-refractivity contribution in [2.75, 3.05) is 0 Å². The maximum atomic E-state index is 11.9. The molecule has 0 saturated heterocycles. The molecule has 0 radical (unpaired) electrons. The highest BCUT2D eigenvalue weighted by Gasteiger charge is 2.23. The van der Waals surface area contributed by atoms with Crippen molar-refractivity contribution in [3.63, 3.8) is 0 Å². The number of nitrogens with one attached hydrogen (secondary N) is 1. The third-order valence-electron chi connectivity index (χ3n) is 2.66. The van der Waals surface area contributed by atoms with Crippen molar-refractivity contribution in [3.8, 4) is 0 Å². The topological polar surface area (TPSA) is 88.4 Å². The van der Waals surface area contributed by atoms with Crippen molar-refractivity contribution in [2.24, 2.45) is 0 Å². The first-order chi connectivity index (χ1) is 9.49. The number of aliphatic carboxylic acids is 1. The van der Waals surface area contributed by atoms with Crippen molar-refractivity contribution >= 4 is 34.6 Å². The average molecular weight is 312 g/mol. The molecule has 2 aromatic rings. The summed E-state index contributed by atoms with van der Waals surface area (Å²) in [5.41, 5.74) is 0.679. The first-order valence-electron chi connectivity index (χ1n) is 5.69. The van der Waals surface area contributed by atoms with Gasteiger partial charge in [0.25, 0.3) is 0 Å². The van der Waals surface area contributed by atoms with Crippen LogP contribution in [0.25, 0.3) is 0 Å². The SMILES string of the molecule is Cc1csc(=O)n1CC(=O)NC(C(=O)O)c1cccs1. The number of hydrogen-bond donors (Lipinski definition) is 2. The summed E-state index contributed by atoms with van der Waals surface area (Å²) in [6.07, 6.45) is 0. The molecule has 0 aliphatic heterocycles. The lowest BCUT2D eigenvalue weighted by Gasteiger charge is -2.13. The normalized spacial score (nSPS) is 12.1. The summed E-state index contributed by atoms with van der Waals surface area (Å²) in [6, 6.07) is 2.28. The molecule has 1 unspecified atom stereocenters. The number of rotatable bonds is 5. The molecule has 0 saturated carbocycles. The van der Waals surface area contributed by atoms with Crippen molar-refractivity contribution < 1.29 is 14.7 Å². The Morgan fingerprint density at radius 3 is 2.70 bits per heavy atom. The highest BCUT2D eigenvalue weighted by atomic mass is 32.1. The van der Waals surface area contributed by atoms with Gasteiger partial charge in [0.2, 0.25) is 5.91 Å². The lowest BCUT2D eigenvalue weighted by Crippen LogP contribution is -2.37. The fraction of sp³-hybridized carbons (Fsp3) is 0.250. The molecule has 1 atom stereocenters. The summed E-state index contributed by atoms with van der Waals surface area (Å²) in [5.74, 6) is -1.63. The minimum absolute atomic E-state index is 0.177. The second kappa shape index (κ2) is 6.02. The van der Waals surface area contributed by atoms with E-state index in [1.165, 1.54) is 15.9 Å². The van der Waals surface area contributed by atoms with Gasteiger partial charge in [-0.3, -0.25) is 14.2 Å².